The van der Waals surface area contributed by atoms with Crippen LogP contribution in [0, 0.1) is 5.92 Å². The molecule has 2 heterocycles. The Morgan fingerprint density at radius 1 is 1.53 bits per heavy atom. The molecular formula is C12H18ClN3O. The Balaban J connectivity index is 1.93. The molecule has 4 nitrogen and oxygen atoms in total. The summed E-state index contributed by atoms with van der Waals surface area (Å²) < 4.78 is 0. The van der Waals surface area contributed by atoms with E-state index in [-0.39, 0.29) is 10.6 Å². The topological polar surface area (TPSA) is 49.0 Å². The van der Waals surface area contributed by atoms with Gasteiger partial charge in [0.1, 0.15) is 5.02 Å². The second-order valence-corrected chi connectivity index (χ2v) is 5.03. The second kappa shape index (κ2) is 5.65. The van der Waals surface area contributed by atoms with E-state index in [9.17, 15) is 4.79 Å². The Labute approximate surface area is 106 Å². The summed E-state index contributed by atoms with van der Waals surface area (Å²) in [7, 11) is 0. The molecule has 0 radical (unpaired) electrons. The molecule has 1 aliphatic rings. The van der Waals surface area contributed by atoms with Crippen LogP contribution in [0.5, 0.6) is 0 Å². The predicted octanol–water partition coefficient (Wildman–Crippen LogP) is 1.70. The van der Waals surface area contributed by atoms with Gasteiger partial charge >= 0.3 is 0 Å². The highest BCUT2D eigenvalue weighted by atomic mass is 35.5. The molecule has 1 N–H and O–H groups in total. The van der Waals surface area contributed by atoms with Gasteiger partial charge in [-0.15, -0.1) is 0 Å². The average Bonchev–Trinajstić information content (AvgIpc) is 2.35. The van der Waals surface area contributed by atoms with Gasteiger partial charge in [0.25, 0.3) is 5.56 Å². The normalized spacial score (nSPS) is 18.5. The molecule has 1 aromatic rings. The molecular weight excluding hydrogens is 238 g/mol. The van der Waals surface area contributed by atoms with Crippen LogP contribution in [0.2, 0.25) is 5.02 Å². The van der Waals surface area contributed by atoms with Gasteiger partial charge in [-0.25, -0.2) is 5.10 Å². The molecule has 1 aromatic heterocycles. The van der Waals surface area contributed by atoms with Crippen LogP contribution in [0.3, 0.4) is 0 Å². The summed E-state index contributed by atoms with van der Waals surface area (Å²) in [5, 5.41) is 6.70. The number of nitrogens with zero attached hydrogens (tertiary/aromatic N) is 2. The molecule has 0 saturated carbocycles. The van der Waals surface area contributed by atoms with Crippen LogP contribution in [0.4, 0.5) is 0 Å². The first-order valence-electron chi connectivity index (χ1n) is 6.15. The van der Waals surface area contributed by atoms with E-state index >= 15 is 0 Å². The summed E-state index contributed by atoms with van der Waals surface area (Å²) in [6, 6.07) is 1.69. The Morgan fingerprint density at radius 3 is 2.82 bits per heavy atom. The lowest BCUT2D eigenvalue weighted by Crippen LogP contribution is -2.34. The molecule has 1 saturated heterocycles. The van der Waals surface area contributed by atoms with Gasteiger partial charge in [-0.2, -0.15) is 5.10 Å². The largest absolute Gasteiger partial charge is 0.304 e. The summed E-state index contributed by atoms with van der Waals surface area (Å²) >= 11 is 5.79. The average molecular weight is 256 g/mol. The third kappa shape index (κ3) is 3.30. The minimum Gasteiger partial charge on any atom is -0.304 e. The molecule has 2 rings (SSSR count). The standard InChI is InChI=1S/C12H18ClN3O/c1-2-16-5-3-9(4-6-16)7-10-8-11(13)12(17)15-14-10/h8-9H,2-7H2,1H3,(H,15,17). The van der Waals surface area contributed by atoms with Crippen LogP contribution in [0.1, 0.15) is 25.5 Å². The quantitative estimate of drug-likeness (QED) is 0.894. The van der Waals surface area contributed by atoms with Gasteiger partial charge < -0.3 is 4.90 Å². The van der Waals surface area contributed by atoms with Gasteiger partial charge in [-0.1, -0.05) is 18.5 Å². The van der Waals surface area contributed by atoms with E-state index in [1.54, 1.807) is 6.07 Å². The third-order valence-corrected chi connectivity index (χ3v) is 3.74. The summed E-state index contributed by atoms with van der Waals surface area (Å²) in [6.45, 7) is 5.66. The van der Waals surface area contributed by atoms with Crippen LogP contribution >= 0.6 is 11.6 Å². The molecule has 5 heteroatoms. The number of hydrogen-bond acceptors (Lipinski definition) is 3. The lowest BCUT2D eigenvalue weighted by Gasteiger charge is -2.30. The van der Waals surface area contributed by atoms with Crippen molar-refractivity contribution in [3.63, 3.8) is 0 Å². The molecule has 1 aliphatic heterocycles. The van der Waals surface area contributed by atoms with Crippen LogP contribution < -0.4 is 5.56 Å². The highest BCUT2D eigenvalue weighted by molar-refractivity contribution is 6.30. The molecule has 17 heavy (non-hydrogen) atoms. The van der Waals surface area contributed by atoms with Gasteiger partial charge in [-0.05, 0) is 50.9 Å². The molecule has 94 valence electrons. The maximum atomic E-state index is 11.1. The molecule has 0 bridgehead atoms. The number of nitrogens with one attached hydrogen (secondary N) is 1. The third-order valence-electron chi connectivity index (χ3n) is 3.46. The van der Waals surface area contributed by atoms with E-state index in [1.807, 2.05) is 0 Å². The first-order valence-corrected chi connectivity index (χ1v) is 6.53. The summed E-state index contributed by atoms with van der Waals surface area (Å²) in [5.74, 6) is 0.660. The van der Waals surface area contributed by atoms with E-state index < -0.39 is 0 Å². The Kier molecular flexibility index (Phi) is 4.18. The molecule has 0 aromatic carbocycles. The van der Waals surface area contributed by atoms with Crippen molar-refractivity contribution >= 4 is 11.6 Å². The summed E-state index contributed by atoms with van der Waals surface area (Å²) in [5.41, 5.74) is 0.584. The number of halogens is 1. The molecule has 0 spiro atoms. The van der Waals surface area contributed by atoms with Crippen molar-refractivity contribution in [2.24, 2.45) is 5.92 Å². The number of aromatic nitrogens is 2. The van der Waals surface area contributed by atoms with Crippen molar-refractivity contribution in [2.45, 2.75) is 26.2 Å². The zero-order valence-electron chi connectivity index (χ0n) is 10.1. The Hall–Kier alpha value is -0.870. The van der Waals surface area contributed by atoms with Gasteiger partial charge in [0.15, 0.2) is 0 Å². The zero-order valence-corrected chi connectivity index (χ0v) is 10.8. The van der Waals surface area contributed by atoms with Crippen molar-refractivity contribution in [3.8, 4) is 0 Å². The van der Waals surface area contributed by atoms with Gasteiger partial charge in [0.2, 0.25) is 0 Å². The van der Waals surface area contributed by atoms with Gasteiger partial charge in [0.05, 0.1) is 5.69 Å². The van der Waals surface area contributed by atoms with Gasteiger partial charge in [-0.3, -0.25) is 4.79 Å². The van der Waals surface area contributed by atoms with Crippen LogP contribution in [-0.2, 0) is 6.42 Å². The fraction of sp³-hybridized carbons (Fsp3) is 0.667. The van der Waals surface area contributed by atoms with E-state index in [0.717, 1.165) is 31.7 Å². The van der Waals surface area contributed by atoms with Crippen molar-refractivity contribution in [1.29, 1.82) is 0 Å². The Bertz CT molecular complexity index is 424. The first-order chi connectivity index (χ1) is 8.19. The number of likely N-dealkylation sites (tertiary alicyclic amines) is 1. The lowest BCUT2D eigenvalue weighted by molar-refractivity contribution is 0.191. The summed E-state index contributed by atoms with van der Waals surface area (Å²) in [6.07, 6.45) is 3.31. The number of piperidine rings is 1. The monoisotopic (exact) mass is 255 g/mol. The maximum absolute atomic E-state index is 11.1. The van der Waals surface area contributed by atoms with Crippen molar-refractivity contribution in [1.82, 2.24) is 15.1 Å². The van der Waals surface area contributed by atoms with Crippen LogP contribution in [0.25, 0.3) is 0 Å². The highest BCUT2D eigenvalue weighted by Crippen LogP contribution is 2.20. The van der Waals surface area contributed by atoms with Gasteiger partial charge in [0, 0.05) is 0 Å². The molecule has 0 atom stereocenters. The van der Waals surface area contributed by atoms with Crippen molar-refractivity contribution < 1.29 is 0 Å². The van der Waals surface area contributed by atoms with E-state index in [1.165, 1.54) is 12.8 Å². The van der Waals surface area contributed by atoms with Crippen molar-refractivity contribution in [3.05, 3.63) is 27.1 Å². The summed E-state index contributed by atoms with van der Waals surface area (Å²) in [4.78, 5) is 13.6. The lowest BCUT2D eigenvalue weighted by atomic mass is 9.92. The molecule has 0 aliphatic carbocycles. The zero-order chi connectivity index (χ0) is 12.3. The smallest absolute Gasteiger partial charge is 0.282 e. The Morgan fingerprint density at radius 2 is 2.24 bits per heavy atom. The minimum absolute atomic E-state index is 0.237. The van der Waals surface area contributed by atoms with E-state index in [2.05, 4.69) is 22.0 Å². The maximum Gasteiger partial charge on any atom is 0.282 e. The fourth-order valence-electron chi connectivity index (χ4n) is 2.33. The SMILES string of the molecule is CCN1CCC(Cc2cc(Cl)c(=O)[nH]n2)CC1. The first kappa shape index (κ1) is 12.6. The predicted molar refractivity (Wildman–Crippen MR) is 68.4 cm³/mol. The highest BCUT2D eigenvalue weighted by Gasteiger charge is 2.19. The second-order valence-electron chi connectivity index (χ2n) is 4.62. The number of hydrogen-bond donors (Lipinski definition) is 1. The molecule has 0 amide bonds. The van der Waals surface area contributed by atoms with E-state index in [0.29, 0.717) is 5.92 Å². The minimum atomic E-state index is -0.309. The fourth-order valence-corrected chi connectivity index (χ4v) is 2.50. The van der Waals surface area contributed by atoms with Crippen molar-refractivity contribution in [2.75, 3.05) is 19.6 Å². The molecule has 0 unspecified atom stereocenters. The van der Waals surface area contributed by atoms with Crippen LogP contribution in [-0.4, -0.2) is 34.7 Å². The molecule has 1 fully saturated rings. The number of H-pyrrole nitrogens is 1. The number of aromatic amines is 1. The number of rotatable bonds is 3. The van der Waals surface area contributed by atoms with Crippen LogP contribution in [0.15, 0.2) is 10.9 Å². The van der Waals surface area contributed by atoms with E-state index in [4.69, 9.17) is 11.6 Å².